The fourth-order valence-corrected chi connectivity index (χ4v) is 4.39. The number of benzene rings is 1. The number of ether oxygens (including phenoxy) is 2. The van der Waals surface area contributed by atoms with Crippen LogP contribution in [0.2, 0.25) is 0 Å². The Bertz CT molecular complexity index is 1270. The van der Waals surface area contributed by atoms with Crippen molar-refractivity contribution in [2.75, 3.05) is 37.7 Å². The zero-order chi connectivity index (χ0) is 24.0. The summed E-state index contributed by atoms with van der Waals surface area (Å²) in [5, 5.41) is 9.34. The molecule has 2 aliphatic rings. The molecule has 178 valence electrons. The van der Waals surface area contributed by atoms with Gasteiger partial charge in [0.2, 0.25) is 0 Å². The Balaban J connectivity index is 1.58. The molecule has 1 atom stereocenters. The Kier molecular flexibility index (Phi) is 5.56. The van der Waals surface area contributed by atoms with E-state index in [1.807, 2.05) is 13.0 Å². The number of hydrogen-bond donors (Lipinski definition) is 1. The molecular weight excluding hydrogens is 450 g/mol. The number of hydrogen-bond acceptors (Lipinski definition) is 5. The van der Waals surface area contributed by atoms with Crippen LogP contribution >= 0.6 is 0 Å². The van der Waals surface area contributed by atoms with E-state index >= 15 is 8.78 Å². The molecule has 2 aliphatic heterocycles. The number of fused-ring (bicyclic) bond motifs is 1. The van der Waals surface area contributed by atoms with E-state index in [9.17, 15) is 14.7 Å². The SMILES string of the molecule is Cc1ccn2c(C[C@H]3CN(C(=O)O)CCO3)c(-c3c(F)cc(N4CCOC4=O)cc3F)nc2c1. The van der Waals surface area contributed by atoms with Gasteiger partial charge in [-0.3, -0.25) is 4.90 Å². The Morgan fingerprint density at radius 1 is 1.21 bits per heavy atom. The first-order chi connectivity index (χ1) is 16.3. The van der Waals surface area contributed by atoms with Crippen LogP contribution < -0.4 is 4.90 Å². The van der Waals surface area contributed by atoms with Crippen molar-refractivity contribution < 1.29 is 33.0 Å². The highest BCUT2D eigenvalue weighted by Crippen LogP contribution is 2.34. The second-order valence-corrected chi connectivity index (χ2v) is 8.32. The first-order valence-electron chi connectivity index (χ1n) is 10.8. The summed E-state index contributed by atoms with van der Waals surface area (Å²) in [6.07, 6.45) is -0.251. The molecule has 9 nitrogen and oxygen atoms in total. The van der Waals surface area contributed by atoms with Gasteiger partial charge in [-0.15, -0.1) is 0 Å². The molecule has 1 N–H and O–H groups in total. The van der Waals surface area contributed by atoms with Gasteiger partial charge in [0, 0.05) is 19.2 Å². The summed E-state index contributed by atoms with van der Waals surface area (Å²) in [6.45, 7) is 2.85. The predicted molar refractivity (Wildman–Crippen MR) is 117 cm³/mol. The Labute approximate surface area is 193 Å². The van der Waals surface area contributed by atoms with Crippen molar-refractivity contribution in [3.63, 3.8) is 0 Å². The molecule has 4 heterocycles. The lowest BCUT2D eigenvalue weighted by Gasteiger charge is -2.31. The van der Waals surface area contributed by atoms with Gasteiger partial charge in [-0.05, 0) is 36.8 Å². The molecule has 1 aromatic carbocycles. The largest absolute Gasteiger partial charge is 0.465 e. The van der Waals surface area contributed by atoms with E-state index in [4.69, 9.17) is 9.47 Å². The summed E-state index contributed by atoms with van der Waals surface area (Å²) in [6, 6.07) is 5.82. The molecule has 34 heavy (non-hydrogen) atoms. The molecule has 0 unspecified atom stereocenters. The first-order valence-corrected chi connectivity index (χ1v) is 10.8. The summed E-state index contributed by atoms with van der Waals surface area (Å²) in [5.74, 6) is -1.74. The van der Waals surface area contributed by atoms with Gasteiger partial charge in [-0.2, -0.15) is 0 Å². The van der Waals surface area contributed by atoms with Crippen molar-refractivity contribution in [1.82, 2.24) is 14.3 Å². The predicted octanol–water partition coefficient (Wildman–Crippen LogP) is 3.47. The van der Waals surface area contributed by atoms with Crippen LogP contribution in [0.3, 0.4) is 0 Å². The molecule has 2 fully saturated rings. The van der Waals surface area contributed by atoms with Crippen LogP contribution in [0.15, 0.2) is 30.5 Å². The van der Waals surface area contributed by atoms with Crippen molar-refractivity contribution in [3.8, 4) is 11.3 Å². The average molecular weight is 472 g/mol. The van der Waals surface area contributed by atoms with Crippen molar-refractivity contribution in [1.29, 1.82) is 0 Å². The van der Waals surface area contributed by atoms with Gasteiger partial charge in [0.25, 0.3) is 0 Å². The van der Waals surface area contributed by atoms with Crippen molar-refractivity contribution >= 4 is 23.5 Å². The molecule has 2 aromatic heterocycles. The molecule has 2 amide bonds. The quantitative estimate of drug-likeness (QED) is 0.625. The van der Waals surface area contributed by atoms with Crippen LogP contribution in [0.5, 0.6) is 0 Å². The number of halogens is 2. The van der Waals surface area contributed by atoms with Crippen LogP contribution in [0, 0.1) is 18.6 Å². The number of anilines is 1. The number of nitrogens with zero attached hydrogens (tertiary/aromatic N) is 4. The smallest absolute Gasteiger partial charge is 0.414 e. The van der Waals surface area contributed by atoms with Crippen LogP contribution in [-0.4, -0.2) is 70.5 Å². The maximum atomic E-state index is 15.3. The van der Waals surface area contributed by atoms with Gasteiger partial charge in [0.1, 0.15) is 23.9 Å². The van der Waals surface area contributed by atoms with Crippen molar-refractivity contribution in [2.45, 2.75) is 19.4 Å². The molecule has 3 aromatic rings. The monoisotopic (exact) mass is 472 g/mol. The number of rotatable bonds is 4. The molecule has 11 heteroatoms. The summed E-state index contributed by atoms with van der Waals surface area (Å²) < 4.78 is 43.0. The second-order valence-electron chi connectivity index (χ2n) is 8.32. The van der Waals surface area contributed by atoms with Gasteiger partial charge >= 0.3 is 12.2 Å². The average Bonchev–Trinajstić information content (AvgIpc) is 3.37. The minimum Gasteiger partial charge on any atom is -0.465 e. The van der Waals surface area contributed by atoms with Crippen LogP contribution in [0.25, 0.3) is 16.9 Å². The second kappa shape index (κ2) is 8.56. The molecule has 5 rings (SSSR count). The zero-order valence-electron chi connectivity index (χ0n) is 18.3. The topological polar surface area (TPSA) is 96.6 Å². The van der Waals surface area contributed by atoms with Crippen LogP contribution in [0.1, 0.15) is 11.3 Å². The maximum Gasteiger partial charge on any atom is 0.414 e. The molecule has 0 saturated carbocycles. The minimum atomic E-state index is -1.05. The number of imidazole rings is 1. The number of aryl methyl sites for hydroxylation is 1. The highest BCUT2D eigenvalue weighted by molar-refractivity contribution is 5.89. The number of amides is 2. The highest BCUT2D eigenvalue weighted by Gasteiger charge is 2.30. The van der Waals surface area contributed by atoms with Gasteiger partial charge in [0.05, 0.1) is 48.4 Å². The lowest BCUT2D eigenvalue weighted by Crippen LogP contribution is -2.45. The van der Waals surface area contributed by atoms with E-state index in [-0.39, 0.29) is 56.2 Å². The van der Waals surface area contributed by atoms with E-state index in [0.717, 1.165) is 17.7 Å². The van der Waals surface area contributed by atoms with Gasteiger partial charge in [-0.25, -0.2) is 23.4 Å². The molecule has 0 bridgehead atoms. The normalized spacial score (nSPS) is 18.6. The molecule has 0 radical (unpaired) electrons. The third kappa shape index (κ3) is 3.92. The number of carbonyl (C=O) groups excluding carboxylic acids is 1. The van der Waals surface area contributed by atoms with Gasteiger partial charge < -0.3 is 23.9 Å². The number of aromatic nitrogens is 2. The zero-order valence-corrected chi connectivity index (χ0v) is 18.3. The number of pyridine rings is 1. The third-order valence-corrected chi connectivity index (χ3v) is 6.05. The van der Waals surface area contributed by atoms with Crippen molar-refractivity contribution in [3.05, 3.63) is 53.4 Å². The summed E-state index contributed by atoms with van der Waals surface area (Å²) in [4.78, 5) is 30.2. The highest BCUT2D eigenvalue weighted by atomic mass is 19.1. The number of cyclic esters (lactones) is 1. The van der Waals surface area contributed by atoms with E-state index in [1.165, 1.54) is 9.80 Å². The minimum absolute atomic E-state index is 0.0649. The fourth-order valence-electron chi connectivity index (χ4n) is 4.39. The summed E-state index contributed by atoms with van der Waals surface area (Å²) in [7, 11) is 0. The van der Waals surface area contributed by atoms with E-state index < -0.39 is 29.9 Å². The van der Waals surface area contributed by atoms with E-state index in [0.29, 0.717) is 11.3 Å². The summed E-state index contributed by atoms with van der Waals surface area (Å²) >= 11 is 0. The Hall–Kier alpha value is -3.73. The van der Waals surface area contributed by atoms with Crippen molar-refractivity contribution in [2.24, 2.45) is 0 Å². The van der Waals surface area contributed by atoms with E-state index in [1.54, 1.807) is 16.7 Å². The first kappa shape index (κ1) is 22.1. The maximum absolute atomic E-state index is 15.3. The van der Waals surface area contributed by atoms with Crippen LogP contribution in [0.4, 0.5) is 24.1 Å². The Morgan fingerprint density at radius 3 is 2.65 bits per heavy atom. The fraction of sp³-hybridized carbons (Fsp3) is 0.348. The number of carboxylic acid groups (broad SMARTS) is 1. The van der Waals surface area contributed by atoms with Crippen LogP contribution in [-0.2, 0) is 15.9 Å². The number of morpholine rings is 1. The molecule has 2 saturated heterocycles. The lowest BCUT2D eigenvalue weighted by molar-refractivity contribution is -0.0214. The lowest BCUT2D eigenvalue weighted by atomic mass is 10.0. The van der Waals surface area contributed by atoms with E-state index in [2.05, 4.69) is 4.98 Å². The number of carbonyl (C=O) groups is 2. The molecular formula is C23H22F2N4O5. The standard InChI is InChI=1S/C23H22F2N4O5/c1-13-2-3-29-18(11-15-12-27(22(30)31)4-6-33-15)21(26-19(29)8-13)20-16(24)9-14(10-17(20)25)28-5-7-34-23(28)32/h2-3,8-10,15H,4-7,11-12H2,1H3,(H,30,31)/t15-/m0/s1. The molecule has 0 spiro atoms. The Morgan fingerprint density at radius 2 is 1.97 bits per heavy atom. The van der Waals surface area contributed by atoms with Gasteiger partial charge in [-0.1, -0.05) is 0 Å². The molecule has 0 aliphatic carbocycles. The van der Waals surface area contributed by atoms with Gasteiger partial charge in [0.15, 0.2) is 0 Å². The third-order valence-electron chi connectivity index (χ3n) is 6.05. The summed E-state index contributed by atoms with van der Waals surface area (Å²) in [5.41, 5.74) is 1.77.